The lowest BCUT2D eigenvalue weighted by atomic mass is 10.2. The lowest BCUT2D eigenvalue weighted by Crippen LogP contribution is -2.38. The highest BCUT2D eigenvalue weighted by Gasteiger charge is 2.25. The Morgan fingerprint density at radius 2 is 2.27 bits per heavy atom. The van der Waals surface area contributed by atoms with Crippen LogP contribution >= 0.6 is 0 Å². The summed E-state index contributed by atoms with van der Waals surface area (Å²) in [5.74, 6) is 0.191. The molecule has 0 saturated carbocycles. The van der Waals surface area contributed by atoms with Crippen LogP contribution in [0.3, 0.4) is 0 Å². The van der Waals surface area contributed by atoms with Gasteiger partial charge in [0.25, 0.3) is 5.91 Å². The molecule has 0 aliphatic carbocycles. The van der Waals surface area contributed by atoms with Gasteiger partial charge in [0.05, 0.1) is 10.6 Å². The Hall–Kier alpha value is -1.64. The minimum Gasteiger partial charge on any atom is -0.482 e. The minimum absolute atomic E-state index is 0.0502. The molecule has 0 spiro atoms. The second-order valence-electron chi connectivity index (χ2n) is 5.62. The van der Waals surface area contributed by atoms with Crippen molar-refractivity contribution < 1.29 is 17.9 Å². The highest BCUT2D eigenvalue weighted by Crippen LogP contribution is 2.30. The number of anilines is 1. The van der Waals surface area contributed by atoms with Gasteiger partial charge in [-0.15, -0.1) is 0 Å². The topological polar surface area (TPSA) is 87.7 Å². The molecule has 1 saturated heterocycles. The van der Waals surface area contributed by atoms with Crippen molar-refractivity contribution in [2.24, 2.45) is 0 Å². The van der Waals surface area contributed by atoms with E-state index >= 15 is 0 Å². The number of nitrogens with zero attached hydrogens (tertiary/aromatic N) is 1. The molecule has 0 aromatic heterocycles. The van der Waals surface area contributed by atoms with Gasteiger partial charge in [0, 0.05) is 12.6 Å². The highest BCUT2D eigenvalue weighted by molar-refractivity contribution is 7.89. The van der Waals surface area contributed by atoms with Crippen molar-refractivity contribution in [3.63, 3.8) is 0 Å². The Morgan fingerprint density at radius 1 is 1.45 bits per heavy atom. The Balaban J connectivity index is 1.74. The van der Waals surface area contributed by atoms with Gasteiger partial charge in [0.15, 0.2) is 6.61 Å². The number of benzene rings is 1. The summed E-state index contributed by atoms with van der Waals surface area (Å²) in [5.41, 5.74) is 0.386. The molecule has 1 fully saturated rings. The molecule has 2 heterocycles. The first-order chi connectivity index (χ1) is 10.5. The number of carbonyl (C=O) groups excluding carboxylic acids is 1. The number of hydrogen-bond acceptors (Lipinski definition) is 5. The summed E-state index contributed by atoms with van der Waals surface area (Å²) in [6, 6.07) is 4.70. The molecule has 0 radical (unpaired) electrons. The van der Waals surface area contributed by atoms with Crippen LogP contribution in [0.2, 0.25) is 0 Å². The fourth-order valence-electron chi connectivity index (χ4n) is 2.76. The Kier molecular flexibility index (Phi) is 4.07. The van der Waals surface area contributed by atoms with E-state index in [-0.39, 0.29) is 23.5 Å². The van der Waals surface area contributed by atoms with E-state index in [1.54, 1.807) is 6.07 Å². The Bertz CT molecular complexity index is 689. The van der Waals surface area contributed by atoms with Crippen LogP contribution in [0.5, 0.6) is 5.75 Å². The van der Waals surface area contributed by atoms with E-state index in [1.165, 1.54) is 12.1 Å². The molecule has 3 rings (SSSR count). The van der Waals surface area contributed by atoms with Gasteiger partial charge in [-0.2, -0.15) is 0 Å². The number of carbonyl (C=O) groups is 1. The van der Waals surface area contributed by atoms with Gasteiger partial charge >= 0.3 is 0 Å². The van der Waals surface area contributed by atoms with E-state index in [0.29, 0.717) is 18.0 Å². The quantitative estimate of drug-likeness (QED) is 0.836. The first kappa shape index (κ1) is 15.3. The molecule has 0 bridgehead atoms. The van der Waals surface area contributed by atoms with E-state index in [1.807, 2.05) is 7.05 Å². The molecule has 2 N–H and O–H groups in total. The zero-order valence-electron chi connectivity index (χ0n) is 12.3. The molecule has 1 amide bonds. The van der Waals surface area contributed by atoms with Crippen molar-refractivity contribution in [1.29, 1.82) is 0 Å². The molecule has 0 unspecified atom stereocenters. The van der Waals surface area contributed by atoms with Crippen LogP contribution in [0, 0.1) is 0 Å². The van der Waals surface area contributed by atoms with Crippen molar-refractivity contribution in [3.8, 4) is 5.75 Å². The third-order valence-corrected chi connectivity index (χ3v) is 5.50. The number of fused-ring (bicyclic) bond motifs is 1. The largest absolute Gasteiger partial charge is 0.482 e. The van der Waals surface area contributed by atoms with Crippen LogP contribution < -0.4 is 14.8 Å². The number of hydrogen-bond donors (Lipinski definition) is 2. The van der Waals surface area contributed by atoms with Crippen molar-refractivity contribution in [1.82, 2.24) is 9.62 Å². The Labute approximate surface area is 129 Å². The van der Waals surface area contributed by atoms with Gasteiger partial charge in [-0.3, -0.25) is 4.79 Å². The molecule has 1 atom stereocenters. The van der Waals surface area contributed by atoms with Gasteiger partial charge in [-0.25, -0.2) is 13.1 Å². The lowest BCUT2D eigenvalue weighted by molar-refractivity contribution is -0.118. The van der Waals surface area contributed by atoms with E-state index in [4.69, 9.17) is 4.74 Å². The van der Waals surface area contributed by atoms with Crippen LogP contribution in [0.4, 0.5) is 5.69 Å². The van der Waals surface area contributed by atoms with Crippen LogP contribution in [0.25, 0.3) is 0 Å². The van der Waals surface area contributed by atoms with Gasteiger partial charge in [0.1, 0.15) is 5.75 Å². The molecule has 8 heteroatoms. The van der Waals surface area contributed by atoms with Gasteiger partial charge in [-0.05, 0) is 44.6 Å². The predicted molar refractivity (Wildman–Crippen MR) is 81.4 cm³/mol. The van der Waals surface area contributed by atoms with Crippen molar-refractivity contribution in [2.75, 3.05) is 32.1 Å². The first-order valence-corrected chi connectivity index (χ1v) is 8.70. The molecular weight excluding hydrogens is 306 g/mol. The third-order valence-electron chi connectivity index (χ3n) is 4.07. The van der Waals surface area contributed by atoms with Gasteiger partial charge in [-0.1, -0.05) is 0 Å². The maximum Gasteiger partial charge on any atom is 0.262 e. The molecule has 2 aliphatic heterocycles. The van der Waals surface area contributed by atoms with Crippen LogP contribution in [0.1, 0.15) is 12.8 Å². The SMILES string of the molecule is CN1CCC[C@H]1CNS(=O)(=O)c1ccc2c(c1)NC(=O)CO2. The van der Waals surface area contributed by atoms with Crippen LogP contribution in [-0.2, 0) is 14.8 Å². The van der Waals surface area contributed by atoms with Crippen molar-refractivity contribution >= 4 is 21.6 Å². The fraction of sp³-hybridized carbons (Fsp3) is 0.500. The Morgan fingerprint density at radius 3 is 3.00 bits per heavy atom. The molecule has 1 aromatic carbocycles. The molecule has 22 heavy (non-hydrogen) atoms. The summed E-state index contributed by atoms with van der Waals surface area (Å²) >= 11 is 0. The van der Waals surface area contributed by atoms with Gasteiger partial charge in [0.2, 0.25) is 10.0 Å². The number of nitrogens with one attached hydrogen (secondary N) is 2. The number of likely N-dealkylation sites (tertiary alicyclic amines) is 1. The minimum atomic E-state index is -3.61. The number of amides is 1. The zero-order chi connectivity index (χ0) is 15.7. The average molecular weight is 325 g/mol. The lowest BCUT2D eigenvalue weighted by Gasteiger charge is -2.21. The maximum absolute atomic E-state index is 12.4. The molecule has 120 valence electrons. The molecular formula is C14H19N3O4S. The summed E-state index contributed by atoms with van der Waals surface area (Å²) in [6.07, 6.45) is 2.08. The van der Waals surface area contributed by atoms with Crippen LogP contribution in [-0.4, -0.2) is 52.0 Å². The third kappa shape index (κ3) is 3.08. The number of sulfonamides is 1. The summed E-state index contributed by atoms with van der Waals surface area (Å²) in [6.45, 7) is 1.33. The first-order valence-electron chi connectivity index (χ1n) is 7.22. The second-order valence-corrected chi connectivity index (χ2v) is 7.39. The number of rotatable bonds is 4. The normalized spacial score (nSPS) is 22.0. The standard InChI is InChI=1S/C14H19N3O4S/c1-17-6-2-3-10(17)8-15-22(19,20)11-4-5-13-12(7-11)16-14(18)9-21-13/h4-5,7,10,15H,2-3,6,8-9H2,1H3,(H,16,18)/t10-/m0/s1. The van der Waals surface area contributed by atoms with Crippen molar-refractivity contribution in [3.05, 3.63) is 18.2 Å². The van der Waals surface area contributed by atoms with Crippen LogP contribution in [0.15, 0.2) is 23.1 Å². The second kappa shape index (κ2) is 5.86. The summed E-state index contributed by atoms with van der Waals surface area (Å²) < 4.78 is 32.6. The number of likely N-dealkylation sites (N-methyl/N-ethyl adjacent to an activating group) is 1. The smallest absolute Gasteiger partial charge is 0.262 e. The zero-order valence-corrected chi connectivity index (χ0v) is 13.1. The highest BCUT2D eigenvalue weighted by atomic mass is 32.2. The van der Waals surface area contributed by atoms with Gasteiger partial charge < -0.3 is 15.0 Å². The number of ether oxygens (including phenoxy) is 1. The molecule has 7 nitrogen and oxygen atoms in total. The molecule has 1 aromatic rings. The maximum atomic E-state index is 12.4. The van der Waals surface area contributed by atoms with E-state index in [0.717, 1.165) is 19.4 Å². The monoisotopic (exact) mass is 325 g/mol. The fourth-order valence-corrected chi connectivity index (χ4v) is 3.85. The van der Waals surface area contributed by atoms with Crippen molar-refractivity contribution in [2.45, 2.75) is 23.8 Å². The summed E-state index contributed by atoms with van der Waals surface area (Å²) in [5, 5.41) is 2.61. The average Bonchev–Trinajstić information content (AvgIpc) is 2.90. The predicted octanol–water partition coefficient (Wildman–Crippen LogP) is 0.390. The summed E-state index contributed by atoms with van der Waals surface area (Å²) in [4.78, 5) is 13.6. The van der Waals surface area contributed by atoms with E-state index in [9.17, 15) is 13.2 Å². The summed E-state index contributed by atoms with van der Waals surface area (Å²) in [7, 11) is -1.61. The van der Waals surface area contributed by atoms with E-state index < -0.39 is 10.0 Å². The van der Waals surface area contributed by atoms with E-state index in [2.05, 4.69) is 14.9 Å². The molecule has 2 aliphatic rings.